The van der Waals surface area contributed by atoms with Crippen LogP contribution in [-0.2, 0) is 9.59 Å². The Balaban J connectivity index is 1.32. The van der Waals surface area contributed by atoms with E-state index in [0.717, 1.165) is 5.69 Å². The predicted octanol–water partition coefficient (Wildman–Crippen LogP) is 2.52. The van der Waals surface area contributed by atoms with Crippen LogP contribution in [0.3, 0.4) is 0 Å². The third kappa shape index (κ3) is 4.29. The van der Waals surface area contributed by atoms with Crippen molar-refractivity contribution in [1.82, 2.24) is 5.32 Å². The molecule has 1 unspecified atom stereocenters. The highest BCUT2D eigenvalue weighted by molar-refractivity contribution is 5.96. The number of fused-ring (bicyclic) bond motifs is 1. The summed E-state index contributed by atoms with van der Waals surface area (Å²) in [5.41, 5.74) is 1.13. The molecule has 3 amide bonds. The first-order valence-corrected chi connectivity index (χ1v) is 9.52. The molecule has 9 nitrogen and oxygen atoms in total. The Morgan fingerprint density at radius 1 is 1.17 bits per heavy atom. The quantitative estimate of drug-likeness (QED) is 0.579. The highest BCUT2D eigenvalue weighted by Crippen LogP contribution is 2.37. The summed E-state index contributed by atoms with van der Waals surface area (Å²) in [4.78, 5) is 37.6. The van der Waals surface area contributed by atoms with Crippen molar-refractivity contribution in [3.63, 3.8) is 0 Å². The average Bonchev–Trinajstić information content (AvgIpc) is 3.33. The summed E-state index contributed by atoms with van der Waals surface area (Å²) in [6.07, 6.45) is 0.332. The number of ether oxygens (including phenoxy) is 3. The topological polar surface area (TPSA) is 106 Å². The Bertz CT molecular complexity index is 992. The van der Waals surface area contributed by atoms with Crippen molar-refractivity contribution < 1.29 is 28.6 Å². The molecule has 156 valence electrons. The fourth-order valence-electron chi connectivity index (χ4n) is 3.44. The van der Waals surface area contributed by atoms with Crippen molar-refractivity contribution in [3.8, 4) is 17.2 Å². The number of para-hydroxylation sites is 2. The van der Waals surface area contributed by atoms with Gasteiger partial charge in [0.1, 0.15) is 0 Å². The van der Waals surface area contributed by atoms with E-state index in [9.17, 15) is 14.4 Å². The van der Waals surface area contributed by atoms with Crippen molar-refractivity contribution >= 4 is 29.3 Å². The number of amides is 3. The number of anilines is 2. The van der Waals surface area contributed by atoms with E-state index >= 15 is 0 Å². The van der Waals surface area contributed by atoms with Crippen LogP contribution in [0.1, 0.15) is 13.3 Å². The number of esters is 1. The Morgan fingerprint density at radius 3 is 2.80 bits per heavy atom. The summed E-state index contributed by atoms with van der Waals surface area (Å²) >= 11 is 0. The van der Waals surface area contributed by atoms with Crippen LogP contribution >= 0.6 is 0 Å². The smallest absolute Gasteiger partial charge is 0.319 e. The number of nitrogens with one attached hydrogen (secondary N) is 2. The highest BCUT2D eigenvalue weighted by atomic mass is 16.7. The predicted molar refractivity (Wildman–Crippen MR) is 108 cm³/mol. The Kier molecular flexibility index (Phi) is 5.42. The summed E-state index contributed by atoms with van der Waals surface area (Å²) in [5, 5.41) is 5.44. The number of hydrogen-bond donors (Lipinski definition) is 2. The third-order valence-electron chi connectivity index (χ3n) is 4.81. The zero-order chi connectivity index (χ0) is 21.1. The second kappa shape index (κ2) is 8.32. The van der Waals surface area contributed by atoms with E-state index in [4.69, 9.17) is 14.2 Å². The number of hydrogen-bond acceptors (Lipinski definition) is 6. The number of nitrogens with zero attached hydrogens (tertiary/aromatic N) is 1. The number of urea groups is 1. The van der Waals surface area contributed by atoms with E-state index in [1.807, 2.05) is 6.07 Å². The summed E-state index contributed by atoms with van der Waals surface area (Å²) in [5.74, 6) is 1.03. The lowest BCUT2D eigenvalue weighted by Gasteiger charge is -2.17. The van der Waals surface area contributed by atoms with Crippen molar-refractivity contribution in [3.05, 3.63) is 42.5 Å². The summed E-state index contributed by atoms with van der Waals surface area (Å²) in [6.45, 7) is 2.28. The van der Waals surface area contributed by atoms with Gasteiger partial charge in [-0.05, 0) is 24.3 Å². The van der Waals surface area contributed by atoms with Gasteiger partial charge in [-0.2, -0.15) is 0 Å². The maximum Gasteiger partial charge on any atom is 0.319 e. The van der Waals surface area contributed by atoms with Gasteiger partial charge in [-0.1, -0.05) is 12.1 Å². The van der Waals surface area contributed by atoms with Crippen LogP contribution in [-0.4, -0.2) is 37.8 Å². The first-order chi connectivity index (χ1) is 14.5. The van der Waals surface area contributed by atoms with Gasteiger partial charge in [0.25, 0.3) is 0 Å². The van der Waals surface area contributed by atoms with E-state index in [2.05, 4.69) is 10.6 Å². The van der Waals surface area contributed by atoms with Gasteiger partial charge in [0.2, 0.25) is 12.7 Å². The van der Waals surface area contributed by atoms with Gasteiger partial charge in [-0.25, -0.2) is 4.79 Å². The van der Waals surface area contributed by atoms with Gasteiger partial charge in [0, 0.05) is 44.1 Å². The van der Waals surface area contributed by atoms with Crippen molar-refractivity contribution in [2.24, 2.45) is 5.92 Å². The molecule has 1 fully saturated rings. The number of carbonyl (C=O) groups is 3. The molecule has 0 aromatic heterocycles. The van der Waals surface area contributed by atoms with Crippen molar-refractivity contribution in [2.75, 3.05) is 30.1 Å². The SMILES string of the molecule is CC(=O)Oc1ccccc1NC(=O)NCC1CC(=O)N(c2ccc3c(c2)OCO3)C1. The molecular formula is C21H21N3O6. The van der Waals surface area contributed by atoms with Crippen LogP contribution in [0.5, 0.6) is 17.2 Å². The molecule has 0 spiro atoms. The molecule has 2 aromatic rings. The highest BCUT2D eigenvalue weighted by Gasteiger charge is 2.31. The van der Waals surface area contributed by atoms with Crippen LogP contribution in [0.4, 0.5) is 16.2 Å². The molecule has 0 radical (unpaired) electrons. The first-order valence-electron chi connectivity index (χ1n) is 9.52. The molecule has 0 aliphatic carbocycles. The van der Waals surface area contributed by atoms with Gasteiger partial charge in [0.15, 0.2) is 17.2 Å². The van der Waals surface area contributed by atoms with Gasteiger partial charge >= 0.3 is 12.0 Å². The standard InChI is InChI=1S/C21H21N3O6/c1-13(25)30-17-5-3-2-4-16(17)23-21(27)22-10-14-8-20(26)24(11-14)15-6-7-18-19(9-15)29-12-28-18/h2-7,9,14H,8,10-12H2,1H3,(H2,22,23,27). The fourth-order valence-corrected chi connectivity index (χ4v) is 3.44. The maximum absolute atomic E-state index is 12.4. The lowest BCUT2D eigenvalue weighted by Crippen LogP contribution is -2.34. The second-order valence-corrected chi connectivity index (χ2v) is 7.04. The molecule has 4 rings (SSSR count). The third-order valence-corrected chi connectivity index (χ3v) is 4.81. The molecule has 0 bridgehead atoms. The molecule has 0 saturated carbocycles. The Hall–Kier alpha value is -3.75. The molecule has 1 atom stereocenters. The first kappa shape index (κ1) is 19.6. The van der Waals surface area contributed by atoms with E-state index < -0.39 is 12.0 Å². The lowest BCUT2D eigenvalue weighted by atomic mass is 10.1. The zero-order valence-electron chi connectivity index (χ0n) is 16.3. The van der Waals surface area contributed by atoms with Crippen molar-refractivity contribution in [2.45, 2.75) is 13.3 Å². The minimum Gasteiger partial charge on any atom is -0.454 e. The summed E-state index contributed by atoms with van der Waals surface area (Å²) < 4.78 is 15.8. The number of carbonyl (C=O) groups excluding carboxylic acids is 3. The molecule has 9 heteroatoms. The van der Waals surface area contributed by atoms with Gasteiger partial charge in [-0.15, -0.1) is 0 Å². The molecular weight excluding hydrogens is 390 g/mol. The van der Waals surface area contributed by atoms with E-state index in [0.29, 0.717) is 36.7 Å². The molecule has 2 aromatic carbocycles. The summed E-state index contributed by atoms with van der Waals surface area (Å²) in [7, 11) is 0. The lowest BCUT2D eigenvalue weighted by molar-refractivity contribution is -0.131. The number of benzene rings is 2. The van der Waals surface area contributed by atoms with E-state index in [-0.39, 0.29) is 24.4 Å². The van der Waals surface area contributed by atoms with Gasteiger partial charge < -0.3 is 29.7 Å². The van der Waals surface area contributed by atoms with Crippen LogP contribution < -0.4 is 29.7 Å². The molecule has 2 N–H and O–H groups in total. The minimum atomic E-state index is -0.474. The van der Waals surface area contributed by atoms with Crippen LogP contribution in [0.15, 0.2) is 42.5 Å². The maximum atomic E-state index is 12.4. The largest absolute Gasteiger partial charge is 0.454 e. The fraction of sp³-hybridized carbons (Fsp3) is 0.286. The second-order valence-electron chi connectivity index (χ2n) is 7.04. The molecule has 1 saturated heterocycles. The molecule has 2 aliphatic rings. The molecule has 30 heavy (non-hydrogen) atoms. The molecule has 2 heterocycles. The monoisotopic (exact) mass is 411 g/mol. The Labute approximate surface area is 172 Å². The van der Waals surface area contributed by atoms with Gasteiger partial charge in [-0.3, -0.25) is 9.59 Å². The Morgan fingerprint density at radius 2 is 1.97 bits per heavy atom. The number of rotatable bonds is 5. The summed E-state index contributed by atoms with van der Waals surface area (Å²) in [6, 6.07) is 11.6. The van der Waals surface area contributed by atoms with Gasteiger partial charge in [0.05, 0.1) is 5.69 Å². The van der Waals surface area contributed by atoms with Crippen LogP contribution in [0.25, 0.3) is 0 Å². The van der Waals surface area contributed by atoms with Crippen molar-refractivity contribution in [1.29, 1.82) is 0 Å². The van der Waals surface area contributed by atoms with E-state index in [1.165, 1.54) is 6.92 Å². The normalized spacial score (nSPS) is 17.0. The van der Waals surface area contributed by atoms with Crippen LogP contribution in [0, 0.1) is 5.92 Å². The zero-order valence-corrected chi connectivity index (χ0v) is 16.3. The van der Waals surface area contributed by atoms with Crippen LogP contribution in [0.2, 0.25) is 0 Å². The van der Waals surface area contributed by atoms with E-state index in [1.54, 1.807) is 41.3 Å². The minimum absolute atomic E-state index is 0.0127. The molecule has 2 aliphatic heterocycles. The average molecular weight is 411 g/mol.